The first-order valence-corrected chi connectivity index (χ1v) is 5.16. The van der Waals surface area contributed by atoms with Gasteiger partial charge in [0.05, 0.1) is 12.4 Å². The molecule has 0 radical (unpaired) electrons. The van der Waals surface area contributed by atoms with Gasteiger partial charge in [-0.3, -0.25) is 4.99 Å². The summed E-state index contributed by atoms with van der Waals surface area (Å²) < 4.78 is 0. The van der Waals surface area contributed by atoms with E-state index in [0.717, 1.165) is 26.1 Å². The maximum Gasteiger partial charge on any atom is 0.0959 e. The zero-order valence-electron chi connectivity index (χ0n) is 8.61. The monoisotopic (exact) mass is 188 g/mol. The normalized spacial score (nSPS) is 15.8. The average molecular weight is 188 g/mol. The first-order chi connectivity index (χ1) is 6.86. The van der Waals surface area contributed by atoms with Crippen LogP contribution in [0.4, 0.5) is 0 Å². The first kappa shape index (κ1) is 9.25. The maximum absolute atomic E-state index is 4.37. The van der Waals surface area contributed by atoms with Gasteiger partial charge >= 0.3 is 0 Å². The second kappa shape index (κ2) is 4.27. The lowest BCUT2D eigenvalue weighted by Crippen LogP contribution is -2.27. The molecular weight excluding hydrogens is 172 g/mol. The molecule has 74 valence electrons. The van der Waals surface area contributed by atoms with E-state index in [2.05, 4.69) is 47.1 Å². The molecule has 0 aromatic heterocycles. The van der Waals surface area contributed by atoms with E-state index in [1.165, 1.54) is 11.4 Å². The predicted molar refractivity (Wildman–Crippen MR) is 59.7 cm³/mol. The van der Waals surface area contributed by atoms with Crippen LogP contribution in [0.15, 0.2) is 35.3 Å². The Morgan fingerprint density at radius 3 is 2.71 bits per heavy atom. The van der Waals surface area contributed by atoms with Gasteiger partial charge in [-0.2, -0.15) is 0 Å². The number of amidine groups is 1. The molecule has 0 atom stereocenters. The van der Waals surface area contributed by atoms with Crippen molar-refractivity contribution in [2.45, 2.75) is 13.3 Å². The summed E-state index contributed by atoms with van der Waals surface area (Å²) in [6.45, 7) is 5.26. The molecular formula is C12H16N2. The Bertz CT molecular complexity index is 316. The van der Waals surface area contributed by atoms with E-state index in [1.54, 1.807) is 0 Å². The highest BCUT2D eigenvalue weighted by Gasteiger charge is 2.11. The molecule has 1 heterocycles. The minimum atomic E-state index is 0.973. The molecule has 0 spiro atoms. The van der Waals surface area contributed by atoms with Crippen LogP contribution in [0.5, 0.6) is 0 Å². The molecule has 1 aromatic rings. The van der Waals surface area contributed by atoms with Crippen molar-refractivity contribution < 1.29 is 0 Å². The summed E-state index contributed by atoms with van der Waals surface area (Å²) >= 11 is 0. The molecule has 0 saturated carbocycles. The van der Waals surface area contributed by atoms with E-state index in [-0.39, 0.29) is 0 Å². The fourth-order valence-corrected chi connectivity index (χ4v) is 1.78. The predicted octanol–water partition coefficient (Wildman–Crippen LogP) is 1.96. The molecule has 1 aliphatic heterocycles. The van der Waals surface area contributed by atoms with E-state index in [1.807, 2.05) is 0 Å². The van der Waals surface area contributed by atoms with Crippen molar-refractivity contribution in [2.24, 2.45) is 4.99 Å². The van der Waals surface area contributed by atoms with Crippen LogP contribution in [-0.4, -0.2) is 30.4 Å². The Morgan fingerprint density at radius 2 is 2.07 bits per heavy atom. The minimum absolute atomic E-state index is 0.973. The second-order valence-corrected chi connectivity index (χ2v) is 3.65. The van der Waals surface area contributed by atoms with Gasteiger partial charge in [-0.1, -0.05) is 30.3 Å². The molecule has 1 aliphatic rings. The van der Waals surface area contributed by atoms with Gasteiger partial charge in [0.15, 0.2) is 0 Å². The third-order valence-electron chi connectivity index (χ3n) is 2.68. The molecule has 1 aromatic carbocycles. The summed E-state index contributed by atoms with van der Waals surface area (Å²) in [5.74, 6) is 1.20. The lowest BCUT2D eigenvalue weighted by atomic mass is 10.1. The van der Waals surface area contributed by atoms with Crippen molar-refractivity contribution in [2.75, 3.05) is 19.6 Å². The van der Waals surface area contributed by atoms with Crippen molar-refractivity contribution in [1.82, 2.24) is 4.90 Å². The molecule has 14 heavy (non-hydrogen) atoms. The average Bonchev–Trinajstić information content (AvgIpc) is 2.63. The topological polar surface area (TPSA) is 15.6 Å². The number of aliphatic imine (C=N–C) groups is 1. The third kappa shape index (κ3) is 2.13. The molecule has 2 nitrogen and oxygen atoms in total. The summed E-state index contributed by atoms with van der Waals surface area (Å²) in [5.41, 5.74) is 1.41. The summed E-state index contributed by atoms with van der Waals surface area (Å²) in [5, 5.41) is 0. The Labute approximate surface area is 85.3 Å². The van der Waals surface area contributed by atoms with Crippen molar-refractivity contribution >= 4 is 5.84 Å². The van der Waals surface area contributed by atoms with Gasteiger partial charge < -0.3 is 4.90 Å². The second-order valence-electron chi connectivity index (χ2n) is 3.65. The van der Waals surface area contributed by atoms with Crippen molar-refractivity contribution in [3.8, 4) is 0 Å². The number of hydrogen-bond acceptors (Lipinski definition) is 2. The van der Waals surface area contributed by atoms with E-state index < -0.39 is 0 Å². The van der Waals surface area contributed by atoms with Gasteiger partial charge in [0.25, 0.3) is 0 Å². The van der Waals surface area contributed by atoms with Crippen LogP contribution >= 0.6 is 0 Å². The van der Waals surface area contributed by atoms with Crippen molar-refractivity contribution in [3.63, 3.8) is 0 Å². The van der Waals surface area contributed by atoms with Gasteiger partial charge in [-0.05, 0) is 18.9 Å². The quantitative estimate of drug-likeness (QED) is 0.708. The van der Waals surface area contributed by atoms with E-state index >= 15 is 0 Å². The Kier molecular flexibility index (Phi) is 2.82. The molecule has 0 aliphatic carbocycles. The zero-order valence-corrected chi connectivity index (χ0v) is 8.61. The standard InChI is InChI=1S/C12H16N2/c1-11-13-8-10-14(11)9-7-12-5-3-2-4-6-12/h2-6H,7-10H2,1H3. The molecule has 0 unspecified atom stereocenters. The Hall–Kier alpha value is -1.31. The van der Waals surface area contributed by atoms with Crippen LogP contribution in [0.3, 0.4) is 0 Å². The largest absolute Gasteiger partial charge is 0.358 e. The van der Waals surface area contributed by atoms with Gasteiger partial charge in [0, 0.05) is 13.1 Å². The molecule has 2 heteroatoms. The lowest BCUT2D eigenvalue weighted by Gasteiger charge is -2.17. The van der Waals surface area contributed by atoms with E-state index in [0.29, 0.717) is 0 Å². The molecule has 0 saturated heterocycles. The molecule has 0 bridgehead atoms. The van der Waals surface area contributed by atoms with Crippen LogP contribution in [0, 0.1) is 0 Å². The van der Waals surface area contributed by atoms with Gasteiger partial charge in [0.2, 0.25) is 0 Å². The fraction of sp³-hybridized carbons (Fsp3) is 0.417. The maximum atomic E-state index is 4.37. The zero-order chi connectivity index (χ0) is 9.80. The van der Waals surface area contributed by atoms with Gasteiger partial charge in [-0.25, -0.2) is 0 Å². The number of nitrogens with zero attached hydrogens (tertiary/aromatic N) is 2. The fourth-order valence-electron chi connectivity index (χ4n) is 1.78. The van der Waals surface area contributed by atoms with Crippen molar-refractivity contribution in [1.29, 1.82) is 0 Å². The summed E-state index contributed by atoms with van der Waals surface area (Å²) in [7, 11) is 0. The number of hydrogen-bond donors (Lipinski definition) is 0. The van der Waals surface area contributed by atoms with Crippen molar-refractivity contribution in [3.05, 3.63) is 35.9 Å². The van der Waals surface area contributed by atoms with Crippen LogP contribution < -0.4 is 0 Å². The molecule has 2 rings (SSSR count). The van der Waals surface area contributed by atoms with E-state index in [4.69, 9.17) is 0 Å². The smallest absolute Gasteiger partial charge is 0.0959 e. The summed E-state index contributed by atoms with van der Waals surface area (Å²) in [6, 6.07) is 10.6. The Morgan fingerprint density at radius 1 is 1.29 bits per heavy atom. The van der Waals surface area contributed by atoms with E-state index in [9.17, 15) is 0 Å². The summed E-state index contributed by atoms with van der Waals surface area (Å²) in [4.78, 5) is 6.73. The molecule has 0 fully saturated rings. The molecule has 0 N–H and O–H groups in total. The highest BCUT2D eigenvalue weighted by Crippen LogP contribution is 2.05. The van der Waals surface area contributed by atoms with Crippen LogP contribution in [0.25, 0.3) is 0 Å². The lowest BCUT2D eigenvalue weighted by molar-refractivity contribution is 0.459. The number of benzene rings is 1. The highest BCUT2D eigenvalue weighted by atomic mass is 15.2. The van der Waals surface area contributed by atoms with Gasteiger partial charge in [0.1, 0.15) is 0 Å². The minimum Gasteiger partial charge on any atom is -0.358 e. The van der Waals surface area contributed by atoms with Crippen LogP contribution in [0.2, 0.25) is 0 Å². The molecule has 0 amide bonds. The van der Waals surface area contributed by atoms with Crippen LogP contribution in [-0.2, 0) is 6.42 Å². The Balaban J connectivity index is 1.86. The number of rotatable bonds is 3. The summed E-state index contributed by atoms with van der Waals surface area (Å²) in [6.07, 6.45) is 1.12. The third-order valence-corrected chi connectivity index (χ3v) is 2.68. The SMILES string of the molecule is CC1=NCCN1CCc1ccccc1. The van der Waals surface area contributed by atoms with Gasteiger partial charge in [-0.15, -0.1) is 0 Å². The first-order valence-electron chi connectivity index (χ1n) is 5.16. The highest BCUT2D eigenvalue weighted by molar-refractivity contribution is 5.81. The van der Waals surface area contributed by atoms with Crippen LogP contribution in [0.1, 0.15) is 12.5 Å².